The van der Waals surface area contributed by atoms with E-state index in [4.69, 9.17) is 11.6 Å². The molecular weight excluding hydrogens is 418 g/mol. The topological polar surface area (TPSA) is 57.6 Å². The molecule has 30 heavy (non-hydrogen) atoms. The Morgan fingerprint density at radius 3 is 2.37 bits per heavy atom. The van der Waals surface area contributed by atoms with Crippen LogP contribution in [0.5, 0.6) is 0 Å². The average Bonchev–Trinajstić information content (AvgIpc) is 3.36. The van der Waals surface area contributed by atoms with Gasteiger partial charge in [0.25, 0.3) is 11.7 Å². The van der Waals surface area contributed by atoms with Crippen molar-refractivity contribution in [2.45, 2.75) is 25.9 Å². The first-order valence-corrected chi connectivity index (χ1v) is 10.9. The highest BCUT2D eigenvalue weighted by Crippen LogP contribution is 2.40. The Morgan fingerprint density at radius 1 is 1.07 bits per heavy atom. The van der Waals surface area contributed by atoms with E-state index in [0.717, 1.165) is 22.4 Å². The van der Waals surface area contributed by atoms with Gasteiger partial charge in [-0.25, -0.2) is 0 Å². The smallest absolute Gasteiger partial charge is 0.295 e. The minimum Gasteiger partial charge on any atom is -0.507 e. The number of aliphatic hydroxyl groups excluding tert-OH is 1. The Morgan fingerprint density at radius 2 is 1.77 bits per heavy atom. The zero-order chi connectivity index (χ0) is 21.3. The Kier molecular flexibility index (Phi) is 5.75. The molecule has 1 aromatic heterocycles. The van der Waals surface area contributed by atoms with Crippen molar-refractivity contribution in [3.05, 3.63) is 98.2 Å². The molecule has 1 atom stereocenters. The van der Waals surface area contributed by atoms with Gasteiger partial charge in [0.15, 0.2) is 0 Å². The summed E-state index contributed by atoms with van der Waals surface area (Å²) in [6.07, 6.45) is 0.872. The molecule has 4 nitrogen and oxygen atoms in total. The lowest BCUT2D eigenvalue weighted by Gasteiger charge is -2.25. The number of rotatable bonds is 5. The second-order valence-corrected chi connectivity index (χ2v) is 8.58. The fourth-order valence-electron chi connectivity index (χ4n) is 3.66. The van der Waals surface area contributed by atoms with E-state index in [1.165, 1.54) is 16.2 Å². The summed E-state index contributed by atoms with van der Waals surface area (Å²) in [5.41, 5.74) is 2.46. The highest BCUT2D eigenvalue weighted by Gasteiger charge is 2.46. The number of carbonyl (C=O) groups is 2. The molecule has 0 spiro atoms. The zero-order valence-corrected chi connectivity index (χ0v) is 17.9. The fraction of sp³-hybridized carbons (Fsp3) is 0.167. The molecule has 6 heteroatoms. The number of ketones is 1. The van der Waals surface area contributed by atoms with Crippen LogP contribution in [-0.4, -0.2) is 21.7 Å². The Labute approximate surface area is 184 Å². The normalized spacial score (nSPS) is 18.2. The predicted molar refractivity (Wildman–Crippen MR) is 119 cm³/mol. The second kappa shape index (κ2) is 8.46. The van der Waals surface area contributed by atoms with Crippen LogP contribution < -0.4 is 0 Å². The van der Waals surface area contributed by atoms with Crippen LogP contribution in [0.15, 0.2) is 71.6 Å². The predicted octanol–water partition coefficient (Wildman–Crippen LogP) is 5.59. The lowest BCUT2D eigenvalue weighted by Crippen LogP contribution is -2.28. The van der Waals surface area contributed by atoms with Gasteiger partial charge in [0.05, 0.1) is 18.2 Å². The molecule has 1 fully saturated rings. The number of aliphatic hydroxyl groups is 1. The third-order valence-corrected chi connectivity index (χ3v) is 6.38. The van der Waals surface area contributed by atoms with Gasteiger partial charge < -0.3 is 10.0 Å². The minimum atomic E-state index is -0.685. The summed E-state index contributed by atoms with van der Waals surface area (Å²) < 4.78 is 0. The summed E-state index contributed by atoms with van der Waals surface area (Å²) in [4.78, 5) is 28.4. The molecule has 152 valence electrons. The molecule has 0 radical (unpaired) electrons. The molecule has 1 saturated heterocycles. The molecule has 0 aliphatic carbocycles. The number of nitrogens with zero attached hydrogens (tertiary/aromatic N) is 1. The molecule has 1 amide bonds. The first-order valence-electron chi connectivity index (χ1n) is 9.65. The monoisotopic (exact) mass is 437 g/mol. The first kappa shape index (κ1) is 20.4. The number of carbonyl (C=O) groups excluding carboxylic acids is 2. The van der Waals surface area contributed by atoms with Gasteiger partial charge in [0.2, 0.25) is 0 Å². The molecule has 2 aromatic carbocycles. The van der Waals surface area contributed by atoms with Crippen LogP contribution in [0.1, 0.15) is 34.5 Å². The number of likely N-dealkylation sites (tertiary alicyclic amines) is 1. The molecule has 1 N–H and O–H groups in total. The van der Waals surface area contributed by atoms with Gasteiger partial charge >= 0.3 is 0 Å². The Balaban J connectivity index is 1.84. The van der Waals surface area contributed by atoms with Crippen molar-refractivity contribution in [1.29, 1.82) is 0 Å². The van der Waals surface area contributed by atoms with Gasteiger partial charge in [0.1, 0.15) is 5.76 Å². The summed E-state index contributed by atoms with van der Waals surface area (Å²) in [5, 5.41) is 13.5. The molecule has 0 bridgehead atoms. The van der Waals surface area contributed by atoms with Gasteiger partial charge in [-0.3, -0.25) is 9.59 Å². The number of amides is 1. The largest absolute Gasteiger partial charge is 0.507 e. The second-order valence-electron chi connectivity index (χ2n) is 7.11. The van der Waals surface area contributed by atoms with Crippen LogP contribution in [0.4, 0.5) is 0 Å². The number of thiophene rings is 1. The maximum absolute atomic E-state index is 13.0. The number of Topliss-reactive ketones (excluding diaryl/α,β-unsaturated/α-hetero) is 1. The van der Waals surface area contributed by atoms with Crippen molar-refractivity contribution >= 4 is 40.4 Å². The lowest BCUT2D eigenvalue weighted by atomic mass is 9.95. The number of aryl methyl sites for hydroxylation is 1. The number of benzene rings is 2. The maximum Gasteiger partial charge on any atom is 0.295 e. The Bertz CT molecular complexity index is 1100. The van der Waals surface area contributed by atoms with Crippen LogP contribution in [0.2, 0.25) is 5.02 Å². The molecule has 0 saturated carbocycles. The molecular formula is C24H20ClNO3S. The van der Waals surface area contributed by atoms with Crippen molar-refractivity contribution < 1.29 is 14.7 Å². The Hall–Kier alpha value is -2.89. The minimum absolute atomic E-state index is 0.100. The van der Waals surface area contributed by atoms with E-state index >= 15 is 0 Å². The van der Waals surface area contributed by atoms with Crippen molar-refractivity contribution in [1.82, 2.24) is 4.90 Å². The van der Waals surface area contributed by atoms with E-state index in [1.54, 1.807) is 36.4 Å². The highest BCUT2D eigenvalue weighted by atomic mass is 35.5. The summed E-state index contributed by atoms with van der Waals surface area (Å²) in [6.45, 7) is 2.34. The summed E-state index contributed by atoms with van der Waals surface area (Å²) >= 11 is 7.56. The van der Waals surface area contributed by atoms with Crippen LogP contribution in [0.3, 0.4) is 0 Å². The van der Waals surface area contributed by atoms with E-state index in [1.807, 2.05) is 36.6 Å². The number of halogens is 1. The number of hydrogen-bond acceptors (Lipinski definition) is 4. The van der Waals surface area contributed by atoms with Gasteiger partial charge in [-0.15, -0.1) is 11.3 Å². The van der Waals surface area contributed by atoms with E-state index in [2.05, 4.69) is 0 Å². The molecule has 1 aliphatic heterocycles. The van der Waals surface area contributed by atoms with Crippen molar-refractivity contribution in [2.75, 3.05) is 0 Å². The number of hydrogen-bond donors (Lipinski definition) is 1. The SMILES string of the molecule is CCc1ccc(/C(O)=C2/C(=O)C(=O)N(Cc3cccs3)C2c2ccc(Cl)cc2)cc1. The summed E-state index contributed by atoms with van der Waals surface area (Å²) in [6, 6.07) is 17.5. The van der Waals surface area contributed by atoms with Crippen LogP contribution in [0, 0.1) is 0 Å². The molecule has 1 unspecified atom stereocenters. The van der Waals surface area contributed by atoms with Crippen molar-refractivity contribution in [3.63, 3.8) is 0 Å². The quantitative estimate of drug-likeness (QED) is 0.322. The van der Waals surface area contributed by atoms with Gasteiger partial charge in [0, 0.05) is 15.5 Å². The van der Waals surface area contributed by atoms with E-state index in [0.29, 0.717) is 17.1 Å². The van der Waals surface area contributed by atoms with E-state index < -0.39 is 17.7 Å². The van der Waals surface area contributed by atoms with Gasteiger partial charge in [-0.2, -0.15) is 0 Å². The molecule has 2 heterocycles. The van der Waals surface area contributed by atoms with Crippen molar-refractivity contribution in [2.24, 2.45) is 0 Å². The average molecular weight is 438 g/mol. The van der Waals surface area contributed by atoms with Gasteiger partial charge in [-0.05, 0) is 41.1 Å². The maximum atomic E-state index is 13.0. The third kappa shape index (κ3) is 3.78. The highest BCUT2D eigenvalue weighted by molar-refractivity contribution is 7.09. The lowest BCUT2D eigenvalue weighted by molar-refractivity contribution is -0.140. The van der Waals surface area contributed by atoms with Crippen LogP contribution in [0.25, 0.3) is 5.76 Å². The third-order valence-electron chi connectivity index (χ3n) is 5.27. The fourth-order valence-corrected chi connectivity index (χ4v) is 4.49. The van der Waals surface area contributed by atoms with Crippen LogP contribution in [-0.2, 0) is 22.6 Å². The first-order chi connectivity index (χ1) is 14.5. The molecule has 4 rings (SSSR count). The van der Waals surface area contributed by atoms with Crippen molar-refractivity contribution in [3.8, 4) is 0 Å². The van der Waals surface area contributed by atoms with E-state index in [9.17, 15) is 14.7 Å². The standard InChI is InChI=1S/C24H20ClNO3S/c1-2-15-5-7-17(8-6-15)22(27)20-21(16-9-11-18(25)12-10-16)26(24(29)23(20)28)14-19-4-3-13-30-19/h3-13,21,27H,2,14H2,1H3/b22-20-. The van der Waals surface area contributed by atoms with E-state index in [-0.39, 0.29) is 11.3 Å². The molecule has 3 aromatic rings. The van der Waals surface area contributed by atoms with Gasteiger partial charge in [-0.1, -0.05) is 61.0 Å². The molecule has 1 aliphatic rings. The zero-order valence-electron chi connectivity index (χ0n) is 16.3. The summed E-state index contributed by atoms with van der Waals surface area (Å²) in [7, 11) is 0. The summed E-state index contributed by atoms with van der Waals surface area (Å²) in [5.74, 6) is -1.46. The van der Waals surface area contributed by atoms with Crippen LogP contribution >= 0.6 is 22.9 Å².